The summed E-state index contributed by atoms with van der Waals surface area (Å²) >= 11 is 0. The number of anilines is 1. The largest absolute Gasteiger partial charge is 0.365 e. The van der Waals surface area contributed by atoms with Crippen LogP contribution < -0.4 is 4.90 Å². The number of pyridine rings is 1. The second-order valence-corrected chi connectivity index (χ2v) is 6.62. The van der Waals surface area contributed by atoms with E-state index in [1.165, 1.54) is 12.8 Å². The number of nitrogens with zero attached hydrogens (tertiary/aromatic N) is 3. The number of morpholine rings is 1. The summed E-state index contributed by atoms with van der Waals surface area (Å²) in [5.74, 6) is 0. The average Bonchev–Trinajstić information content (AvgIpc) is 2.84. The van der Waals surface area contributed by atoms with Gasteiger partial charge in [0, 0.05) is 13.1 Å². The van der Waals surface area contributed by atoms with Crippen molar-refractivity contribution >= 4 is 5.69 Å². The first-order valence-electron chi connectivity index (χ1n) is 7.33. The molecule has 1 aromatic rings. The number of rotatable bonds is 1. The van der Waals surface area contributed by atoms with Gasteiger partial charge in [-0.3, -0.25) is 0 Å². The Balaban J connectivity index is 1.86. The van der Waals surface area contributed by atoms with E-state index in [9.17, 15) is 0 Å². The second-order valence-electron chi connectivity index (χ2n) is 6.62. The summed E-state index contributed by atoms with van der Waals surface area (Å²) in [5, 5.41) is 8.84. The van der Waals surface area contributed by atoms with E-state index in [2.05, 4.69) is 29.8 Å². The van der Waals surface area contributed by atoms with Crippen LogP contribution in [0.3, 0.4) is 0 Å². The lowest BCUT2D eigenvalue weighted by molar-refractivity contribution is -0.148. The van der Waals surface area contributed by atoms with Gasteiger partial charge in [-0.25, -0.2) is 4.98 Å². The molecule has 4 nitrogen and oxygen atoms in total. The van der Waals surface area contributed by atoms with E-state index in [1.807, 2.05) is 12.3 Å². The molecule has 2 fully saturated rings. The summed E-state index contributed by atoms with van der Waals surface area (Å²) < 4.78 is 6.40. The molecule has 0 radical (unpaired) electrons. The Morgan fingerprint density at radius 1 is 1.25 bits per heavy atom. The fourth-order valence-corrected chi connectivity index (χ4v) is 3.62. The molecule has 0 aromatic carbocycles. The first-order valence-corrected chi connectivity index (χ1v) is 7.33. The van der Waals surface area contributed by atoms with Crippen LogP contribution in [0.4, 0.5) is 5.69 Å². The highest BCUT2D eigenvalue weighted by atomic mass is 16.5. The van der Waals surface area contributed by atoms with Crippen molar-refractivity contribution in [3.8, 4) is 6.07 Å². The Kier molecular flexibility index (Phi) is 3.18. The molecule has 0 amide bonds. The van der Waals surface area contributed by atoms with Gasteiger partial charge in [0.1, 0.15) is 11.8 Å². The van der Waals surface area contributed by atoms with Crippen molar-refractivity contribution in [3.05, 3.63) is 24.0 Å². The van der Waals surface area contributed by atoms with Gasteiger partial charge in [-0.2, -0.15) is 5.26 Å². The smallest absolute Gasteiger partial charge is 0.140 e. The predicted octanol–water partition coefficient (Wildman–Crippen LogP) is 2.88. The molecule has 1 aliphatic heterocycles. The Bertz CT molecular complexity index is 524. The van der Waals surface area contributed by atoms with Gasteiger partial charge in [0.25, 0.3) is 0 Å². The molecule has 1 saturated heterocycles. The van der Waals surface area contributed by atoms with E-state index in [0.29, 0.717) is 5.69 Å². The van der Waals surface area contributed by atoms with Crippen LogP contribution in [0.5, 0.6) is 0 Å². The minimum Gasteiger partial charge on any atom is -0.365 e. The third kappa shape index (κ3) is 2.51. The van der Waals surface area contributed by atoms with Gasteiger partial charge < -0.3 is 9.64 Å². The molecule has 20 heavy (non-hydrogen) atoms. The molecule has 2 heterocycles. The van der Waals surface area contributed by atoms with Gasteiger partial charge in [-0.05, 0) is 38.8 Å². The van der Waals surface area contributed by atoms with Crippen LogP contribution in [0.25, 0.3) is 0 Å². The number of hydrogen-bond acceptors (Lipinski definition) is 4. The van der Waals surface area contributed by atoms with Crippen molar-refractivity contribution in [1.29, 1.82) is 5.26 Å². The molecule has 1 saturated carbocycles. The average molecular weight is 271 g/mol. The summed E-state index contributed by atoms with van der Waals surface area (Å²) in [4.78, 5) is 6.56. The van der Waals surface area contributed by atoms with Crippen molar-refractivity contribution < 1.29 is 4.74 Å². The molecule has 0 atom stereocenters. The molecular weight excluding hydrogens is 250 g/mol. The van der Waals surface area contributed by atoms with Gasteiger partial charge >= 0.3 is 0 Å². The Morgan fingerprint density at radius 2 is 2.00 bits per heavy atom. The maximum atomic E-state index is 8.84. The lowest BCUT2D eigenvalue weighted by Crippen LogP contribution is -2.58. The van der Waals surface area contributed by atoms with Crippen molar-refractivity contribution in [3.63, 3.8) is 0 Å². The Morgan fingerprint density at radius 3 is 2.60 bits per heavy atom. The van der Waals surface area contributed by atoms with Gasteiger partial charge in [0.15, 0.2) is 0 Å². The summed E-state index contributed by atoms with van der Waals surface area (Å²) in [6, 6.07) is 5.85. The van der Waals surface area contributed by atoms with Gasteiger partial charge in [0.05, 0.1) is 23.1 Å². The zero-order chi connectivity index (χ0) is 14.2. The monoisotopic (exact) mass is 271 g/mol. The summed E-state index contributed by atoms with van der Waals surface area (Å²) in [5.41, 5.74) is 1.43. The second kappa shape index (κ2) is 4.75. The molecule has 2 aliphatic rings. The fourth-order valence-electron chi connectivity index (χ4n) is 3.62. The van der Waals surface area contributed by atoms with Crippen LogP contribution in [0, 0.1) is 11.3 Å². The van der Waals surface area contributed by atoms with Crippen molar-refractivity contribution in [2.24, 2.45) is 0 Å². The molecular formula is C16H21N3O. The minimum absolute atomic E-state index is 0.00957. The Labute approximate surface area is 120 Å². The van der Waals surface area contributed by atoms with E-state index in [-0.39, 0.29) is 11.2 Å². The fraction of sp³-hybridized carbons (Fsp3) is 0.625. The standard InChI is InChI=1S/C16H21N3O/c1-15(2)11-19(12-16(20-15)7-3-4-8-16)14-6-5-13(9-17)18-10-14/h5-6,10H,3-4,7-8,11-12H2,1-2H3. The zero-order valence-corrected chi connectivity index (χ0v) is 12.2. The van der Waals surface area contributed by atoms with E-state index in [0.717, 1.165) is 31.6 Å². The van der Waals surface area contributed by atoms with Crippen LogP contribution >= 0.6 is 0 Å². The lowest BCUT2D eigenvalue weighted by atomic mass is 9.94. The van der Waals surface area contributed by atoms with E-state index in [1.54, 1.807) is 6.07 Å². The van der Waals surface area contributed by atoms with Gasteiger partial charge in [-0.1, -0.05) is 12.8 Å². The van der Waals surface area contributed by atoms with Crippen molar-refractivity contribution in [2.75, 3.05) is 18.0 Å². The van der Waals surface area contributed by atoms with Crippen LogP contribution in [-0.4, -0.2) is 29.3 Å². The molecule has 106 valence electrons. The molecule has 0 unspecified atom stereocenters. The molecule has 1 aliphatic carbocycles. The van der Waals surface area contributed by atoms with E-state index in [4.69, 9.17) is 10.00 Å². The number of ether oxygens (including phenoxy) is 1. The number of aromatic nitrogens is 1. The molecule has 1 aromatic heterocycles. The van der Waals surface area contributed by atoms with Crippen LogP contribution in [-0.2, 0) is 4.74 Å². The third-order valence-electron chi connectivity index (χ3n) is 4.29. The molecule has 4 heteroatoms. The summed E-state index contributed by atoms with van der Waals surface area (Å²) in [7, 11) is 0. The van der Waals surface area contributed by atoms with Gasteiger partial charge in [0.2, 0.25) is 0 Å². The highest BCUT2D eigenvalue weighted by Crippen LogP contribution is 2.41. The zero-order valence-electron chi connectivity index (χ0n) is 12.2. The summed E-state index contributed by atoms with van der Waals surface area (Å²) in [6.45, 7) is 6.12. The number of hydrogen-bond donors (Lipinski definition) is 0. The predicted molar refractivity (Wildman–Crippen MR) is 77.5 cm³/mol. The van der Waals surface area contributed by atoms with E-state index >= 15 is 0 Å². The SMILES string of the molecule is CC1(C)CN(c2ccc(C#N)nc2)CC2(CCCC2)O1. The first kappa shape index (κ1) is 13.4. The van der Waals surface area contributed by atoms with E-state index < -0.39 is 0 Å². The van der Waals surface area contributed by atoms with Crippen molar-refractivity contribution in [2.45, 2.75) is 50.7 Å². The minimum atomic E-state index is -0.142. The highest BCUT2D eigenvalue weighted by molar-refractivity contribution is 5.47. The molecule has 1 spiro atoms. The third-order valence-corrected chi connectivity index (χ3v) is 4.29. The van der Waals surface area contributed by atoms with Gasteiger partial charge in [-0.15, -0.1) is 0 Å². The molecule has 3 rings (SSSR count). The Hall–Kier alpha value is -1.60. The first-order chi connectivity index (χ1) is 9.52. The topological polar surface area (TPSA) is 49.2 Å². The van der Waals surface area contributed by atoms with Crippen LogP contribution in [0.1, 0.15) is 45.2 Å². The lowest BCUT2D eigenvalue weighted by Gasteiger charge is -2.49. The molecule has 0 N–H and O–H groups in total. The normalized spacial score (nSPS) is 23.8. The summed E-state index contributed by atoms with van der Waals surface area (Å²) in [6.07, 6.45) is 6.63. The maximum absolute atomic E-state index is 8.84. The van der Waals surface area contributed by atoms with Crippen LogP contribution in [0.2, 0.25) is 0 Å². The van der Waals surface area contributed by atoms with Crippen molar-refractivity contribution in [1.82, 2.24) is 4.98 Å². The van der Waals surface area contributed by atoms with Crippen LogP contribution in [0.15, 0.2) is 18.3 Å². The molecule has 0 bridgehead atoms. The maximum Gasteiger partial charge on any atom is 0.140 e. The highest BCUT2D eigenvalue weighted by Gasteiger charge is 2.45. The number of nitriles is 1. The quantitative estimate of drug-likeness (QED) is 0.788.